The molecule has 0 saturated carbocycles. The summed E-state index contributed by atoms with van der Waals surface area (Å²) < 4.78 is 13.9. The Morgan fingerprint density at radius 1 is 1.36 bits per heavy atom. The van der Waals surface area contributed by atoms with Gasteiger partial charge in [0, 0.05) is 23.6 Å². The molecule has 0 amide bonds. The van der Waals surface area contributed by atoms with Crippen LogP contribution in [-0.2, 0) is 34.6 Å². The number of hydrogen-bond donors (Lipinski definition) is 1. The Morgan fingerprint density at radius 2 is 2.09 bits per heavy atom. The zero-order chi connectivity index (χ0) is 6.97. The van der Waals surface area contributed by atoms with E-state index in [0.29, 0.717) is 0 Å². The molecule has 1 radical (unpaired) electrons. The monoisotopic (exact) mass is 208 g/mol. The van der Waals surface area contributed by atoms with Crippen molar-refractivity contribution in [3.63, 3.8) is 0 Å². The quantitative estimate of drug-likeness (QED) is 0.628. The standard InChI is InChI=1S/C7H7NOS.Mn/c9-10-7-4-2-1-3-6(7)5-8-10;/h1-4,8H,5H2;. The van der Waals surface area contributed by atoms with Crippen molar-refractivity contribution in [2.24, 2.45) is 0 Å². The van der Waals surface area contributed by atoms with E-state index in [1.807, 2.05) is 24.3 Å². The van der Waals surface area contributed by atoms with Crippen LogP contribution in [0, 0.1) is 0 Å². The maximum Gasteiger partial charge on any atom is 0.125 e. The minimum Gasteiger partial charge on any atom is -0.237 e. The number of benzene rings is 1. The van der Waals surface area contributed by atoms with Crippen LogP contribution >= 0.6 is 0 Å². The topological polar surface area (TPSA) is 29.1 Å². The fourth-order valence-electron chi connectivity index (χ4n) is 1.05. The summed E-state index contributed by atoms with van der Waals surface area (Å²) in [6, 6.07) is 7.76. The molecule has 1 aromatic carbocycles. The second-order valence-corrected chi connectivity index (χ2v) is 3.46. The van der Waals surface area contributed by atoms with Gasteiger partial charge in [0.1, 0.15) is 11.0 Å². The average molecular weight is 208 g/mol. The average Bonchev–Trinajstić information content (AvgIpc) is 2.34. The number of nitrogens with one attached hydrogen (secondary N) is 1. The first-order chi connectivity index (χ1) is 4.88. The molecule has 0 saturated heterocycles. The van der Waals surface area contributed by atoms with Crippen LogP contribution in [0.4, 0.5) is 0 Å². The molecule has 1 atom stereocenters. The first-order valence-electron chi connectivity index (χ1n) is 3.11. The van der Waals surface area contributed by atoms with Gasteiger partial charge in [-0.05, 0) is 11.6 Å². The summed E-state index contributed by atoms with van der Waals surface area (Å²) >= 11 is 0. The smallest absolute Gasteiger partial charge is 0.125 e. The summed E-state index contributed by atoms with van der Waals surface area (Å²) in [6.07, 6.45) is 0. The molecule has 0 fully saturated rings. The molecule has 2 nitrogen and oxygen atoms in total. The fraction of sp³-hybridized carbons (Fsp3) is 0.143. The Balaban J connectivity index is 0.000000605. The summed E-state index contributed by atoms with van der Waals surface area (Å²) in [7, 11) is -0.948. The SMILES string of the molecule is O=S1NCc2ccccc21.[Mn]. The summed E-state index contributed by atoms with van der Waals surface area (Å²) in [5.74, 6) is 0. The van der Waals surface area contributed by atoms with E-state index in [0.717, 1.165) is 17.0 Å². The third-order valence-corrected chi connectivity index (χ3v) is 2.77. The van der Waals surface area contributed by atoms with E-state index in [1.54, 1.807) is 0 Å². The van der Waals surface area contributed by atoms with Gasteiger partial charge in [-0.2, -0.15) is 0 Å². The summed E-state index contributed by atoms with van der Waals surface area (Å²) in [6.45, 7) is 0.739. The van der Waals surface area contributed by atoms with Gasteiger partial charge in [0.2, 0.25) is 0 Å². The third kappa shape index (κ3) is 1.54. The van der Waals surface area contributed by atoms with E-state index in [9.17, 15) is 4.21 Å². The molecular formula is C7H7MnNOS. The second kappa shape index (κ2) is 3.50. The predicted molar refractivity (Wildman–Crippen MR) is 39.7 cm³/mol. The molecule has 11 heavy (non-hydrogen) atoms. The van der Waals surface area contributed by atoms with Crippen molar-refractivity contribution in [1.82, 2.24) is 4.72 Å². The molecule has 1 aliphatic heterocycles. The van der Waals surface area contributed by atoms with E-state index < -0.39 is 11.0 Å². The Labute approximate surface area is 78.4 Å². The van der Waals surface area contributed by atoms with E-state index in [1.165, 1.54) is 0 Å². The summed E-state index contributed by atoms with van der Waals surface area (Å²) in [5.41, 5.74) is 1.15. The minimum absolute atomic E-state index is 0. The Hall–Kier alpha value is -0.151. The van der Waals surface area contributed by atoms with Crippen LogP contribution < -0.4 is 4.72 Å². The molecule has 4 heteroatoms. The van der Waals surface area contributed by atoms with Crippen LogP contribution in [0.5, 0.6) is 0 Å². The van der Waals surface area contributed by atoms with Crippen LogP contribution in [0.2, 0.25) is 0 Å². The first kappa shape index (κ1) is 8.94. The van der Waals surface area contributed by atoms with Gasteiger partial charge in [-0.25, -0.2) is 8.93 Å². The molecule has 1 unspecified atom stereocenters. The summed E-state index contributed by atoms with van der Waals surface area (Å²) in [4.78, 5) is 0.933. The Kier molecular flexibility index (Phi) is 2.84. The van der Waals surface area contributed by atoms with Crippen molar-refractivity contribution in [2.45, 2.75) is 11.4 Å². The van der Waals surface area contributed by atoms with Gasteiger partial charge in [0.05, 0.1) is 4.90 Å². The van der Waals surface area contributed by atoms with Gasteiger partial charge in [-0.1, -0.05) is 18.2 Å². The van der Waals surface area contributed by atoms with E-state index >= 15 is 0 Å². The van der Waals surface area contributed by atoms with Gasteiger partial charge in [-0.15, -0.1) is 0 Å². The molecule has 0 aromatic heterocycles. The van der Waals surface area contributed by atoms with Crippen molar-refractivity contribution < 1.29 is 21.3 Å². The van der Waals surface area contributed by atoms with Crippen molar-refractivity contribution in [2.75, 3.05) is 0 Å². The van der Waals surface area contributed by atoms with Crippen molar-refractivity contribution in [3.8, 4) is 0 Å². The molecule has 0 bridgehead atoms. The third-order valence-electron chi connectivity index (χ3n) is 1.57. The fourth-order valence-corrected chi connectivity index (χ4v) is 2.07. The number of hydrogen-bond acceptors (Lipinski definition) is 1. The largest absolute Gasteiger partial charge is 0.237 e. The van der Waals surface area contributed by atoms with Crippen molar-refractivity contribution >= 4 is 11.0 Å². The van der Waals surface area contributed by atoms with E-state index in [2.05, 4.69) is 4.72 Å². The maximum atomic E-state index is 11.1. The van der Waals surface area contributed by atoms with Crippen LogP contribution in [0.1, 0.15) is 5.56 Å². The zero-order valence-corrected chi connectivity index (χ0v) is 7.71. The number of rotatable bonds is 0. The molecule has 59 valence electrons. The molecule has 1 N–H and O–H groups in total. The molecule has 1 aliphatic rings. The van der Waals surface area contributed by atoms with Crippen LogP contribution in [0.3, 0.4) is 0 Å². The zero-order valence-electron chi connectivity index (χ0n) is 5.71. The van der Waals surface area contributed by atoms with Gasteiger partial charge < -0.3 is 0 Å². The molecule has 2 rings (SSSR count). The van der Waals surface area contributed by atoms with Gasteiger partial charge >= 0.3 is 0 Å². The Bertz CT molecular complexity index is 290. The van der Waals surface area contributed by atoms with Gasteiger partial charge in [0.15, 0.2) is 0 Å². The molecule has 0 aliphatic carbocycles. The van der Waals surface area contributed by atoms with Gasteiger partial charge in [0.25, 0.3) is 0 Å². The molecule has 1 aromatic rings. The molecule has 0 spiro atoms. The molecule has 1 heterocycles. The van der Waals surface area contributed by atoms with Crippen molar-refractivity contribution in [1.29, 1.82) is 0 Å². The van der Waals surface area contributed by atoms with Crippen molar-refractivity contribution in [3.05, 3.63) is 29.8 Å². The summed E-state index contributed by atoms with van der Waals surface area (Å²) in [5, 5.41) is 0. The van der Waals surface area contributed by atoms with Crippen LogP contribution in [0.25, 0.3) is 0 Å². The van der Waals surface area contributed by atoms with Crippen LogP contribution in [0.15, 0.2) is 29.2 Å². The van der Waals surface area contributed by atoms with E-state index in [4.69, 9.17) is 0 Å². The second-order valence-electron chi connectivity index (χ2n) is 2.20. The normalized spacial score (nSPS) is 20.5. The Morgan fingerprint density at radius 3 is 2.82 bits per heavy atom. The molecular weight excluding hydrogens is 201 g/mol. The van der Waals surface area contributed by atoms with Crippen LogP contribution in [-0.4, -0.2) is 4.21 Å². The van der Waals surface area contributed by atoms with Gasteiger partial charge in [-0.3, -0.25) is 0 Å². The number of fused-ring (bicyclic) bond motifs is 1. The minimum atomic E-state index is -0.948. The van der Waals surface area contributed by atoms with E-state index in [-0.39, 0.29) is 17.1 Å². The first-order valence-corrected chi connectivity index (χ1v) is 4.26. The predicted octanol–water partition coefficient (Wildman–Crippen LogP) is 0.810. The maximum absolute atomic E-state index is 11.1.